The van der Waals surface area contributed by atoms with E-state index in [0.29, 0.717) is 29.7 Å². The van der Waals surface area contributed by atoms with Crippen LogP contribution in [-0.2, 0) is 13.0 Å². The number of urea groups is 1. The zero-order chi connectivity index (χ0) is 27.2. The highest BCUT2D eigenvalue weighted by Crippen LogP contribution is 2.28. The summed E-state index contributed by atoms with van der Waals surface area (Å²) < 4.78 is 1.71. The van der Waals surface area contributed by atoms with Crippen LogP contribution in [0.4, 0.5) is 4.79 Å². The Morgan fingerprint density at radius 1 is 0.923 bits per heavy atom. The van der Waals surface area contributed by atoms with E-state index in [4.69, 9.17) is 4.98 Å². The molecule has 1 saturated carbocycles. The molecule has 1 heterocycles. The van der Waals surface area contributed by atoms with Crippen LogP contribution in [0.15, 0.2) is 83.7 Å². The summed E-state index contributed by atoms with van der Waals surface area (Å²) in [6.45, 7) is 4.60. The van der Waals surface area contributed by atoms with Crippen molar-refractivity contribution >= 4 is 16.9 Å². The smallest absolute Gasteiger partial charge is 0.318 e. The average molecular weight is 523 g/mol. The van der Waals surface area contributed by atoms with E-state index in [2.05, 4.69) is 31.3 Å². The van der Waals surface area contributed by atoms with Crippen molar-refractivity contribution in [3.05, 3.63) is 106 Å². The van der Waals surface area contributed by atoms with Crippen LogP contribution in [-0.4, -0.2) is 26.5 Å². The third kappa shape index (κ3) is 5.90. The Labute approximate surface area is 230 Å². The zero-order valence-corrected chi connectivity index (χ0v) is 23.0. The summed E-state index contributed by atoms with van der Waals surface area (Å²) in [4.78, 5) is 34.9. The first-order valence-corrected chi connectivity index (χ1v) is 14.3. The lowest BCUT2D eigenvalue weighted by atomic mass is 9.95. The van der Waals surface area contributed by atoms with E-state index in [1.807, 2.05) is 71.6 Å². The molecular weight excluding hydrogens is 484 g/mol. The lowest BCUT2D eigenvalue weighted by molar-refractivity contribution is 0.157. The summed E-state index contributed by atoms with van der Waals surface area (Å²) in [6, 6.07) is 25.3. The molecule has 202 valence electrons. The van der Waals surface area contributed by atoms with Crippen molar-refractivity contribution in [3.8, 4) is 5.69 Å². The van der Waals surface area contributed by atoms with Crippen molar-refractivity contribution in [1.29, 1.82) is 0 Å². The van der Waals surface area contributed by atoms with E-state index in [-0.39, 0.29) is 17.6 Å². The second-order valence-electron chi connectivity index (χ2n) is 10.5. The Bertz CT molecular complexity index is 1460. The molecule has 4 aromatic rings. The summed E-state index contributed by atoms with van der Waals surface area (Å²) in [7, 11) is 0. The highest BCUT2D eigenvalue weighted by Gasteiger charge is 2.30. The molecule has 0 saturated heterocycles. The lowest BCUT2D eigenvalue weighted by Gasteiger charge is -2.34. The number of carbonyl (C=O) groups is 1. The molecule has 2 amide bonds. The highest BCUT2D eigenvalue weighted by molar-refractivity contribution is 5.78. The predicted octanol–water partition coefficient (Wildman–Crippen LogP) is 6.94. The quantitative estimate of drug-likeness (QED) is 0.272. The molecule has 3 aromatic carbocycles. The van der Waals surface area contributed by atoms with Crippen LogP contribution in [0.25, 0.3) is 16.6 Å². The van der Waals surface area contributed by atoms with E-state index in [0.717, 1.165) is 43.4 Å². The summed E-state index contributed by atoms with van der Waals surface area (Å²) in [5, 5.41) is 3.89. The topological polar surface area (TPSA) is 67.2 Å². The normalized spacial score (nSPS) is 14.7. The van der Waals surface area contributed by atoms with Gasteiger partial charge in [-0.25, -0.2) is 9.78 Å². The maximum absolute atomic E-state index is 14.0. The minimum absolute atomic E-state index is 0.104. The molecule has 1 fully saturated rings. The molecule has 0 bridgehead atoms. The average Bonchev–Trinajstić information content (AvgIpc) is 2.98. The molecule has 1 aromatic heterocycles. The van der Waals surface area contributed by atoms with Gasteiger partial charge in [-0.1, -0.05) is 87.7 Å². The Morgan fingerprint density at radius 2 is 1.62 bits per heavy atom. The van der Waals surface area contributed by atoms with Crippen molar-refractivity contribution in [2.75, 3.05) is 0 Å². The molecule has 39 heavy (non-hydrogen) atoms. The summed E-state index contributed by atoms with van der Waals surface area (Å²) >= 11 is 0. The van der Waals surface area contributed by atoms with E-state index in [1.165, 1.54) is 12.0 Å². The van der Waals surface area contributed by atoms with Gasteiger partial charge in [-0.3, -0.25) is 9.36 Å². The van der Waals surface area contributed by atoms with Crippen LogP contribution in [0.1, 0.15) is 75.4 Å². The maximum atomic E-state index is 14.0. The number of benzene rings is 3. The summed E-state index contributed by atoms with van der Waals surface area (Å²) in [5.74, 6) is 0.583. The maximum Gasteiger partial charge on any atom is 0.318 e. The number of hydrogen-bond donors (Lipinski definition) is 1. The number of rotatable bonds is 8. The standard InChI is InChI=1S/C33H38N4O2/c1-3-24-19-21-27(22-20-24)37-31(35-29-18-12-11-17-28(29)32(37)38)30(4-2)36(23-25-13-7-5-8-14-25)33(39)34-26-15-9-6-10-16-26/h5,7-8,11-14,17-22,26,30H,3-4,6,9-10,15-16,23H2,1-2H3,(H,34,39). The summed E-state index contributed by atoms with van der Waals surface area (Å²) in [6.07, 6.45) is 7.04. The fourth-order valence-electron chi connectivity index (χ4n) is 5.65. The van der Waals surface area contributed by atoms with Crippen molar-refractivity contribution in [1.82, 2.24) is 19.8 Å². The van der Waals surface area contributed by atoms with Gasteiger partial charge in [0.15, 0.2) is 0 Å². The van der Waals surface area contributed by atoms with Gasteiger partial charge in [0.25, 0.3) is 5.56 Å². The number of aryl methyl sites for hydroxylation is 1. The first-order chi connectivity index (χ1) is 19.1. The Hall–Kier alpha value is -3.93. The Kier molecular flexibility index (Phi) is 8.40. The van der Waals surface area contributed by atoms with Gasteiger partial charge in [-0.05, 0) is 61.1 Å². The van der Waals surface area contributed by atoms with Crippen LogP contribution in [0.2, 0.25) is 0 Å². The first kappa shape index (κ1) is 26.7. The number of fused-ring (bicyclic) bond motifs is 1. The van der Waals surface area contributed by atoms with Crippen molar-refractivity contribution in [2.24, 2.45) is 0 Å². The molecule has 0 radical (unpaired) electrons. The lowest BCUT2D eigenvalue weighted by Crippen LogP contribution is -2.47. The Balaban J connectivity index is 1.64. The van der Waals surface area contributed by atoms with Gasteiger partial charge in [0.2, 0.25) is 0 Å². The van der Waals surface area contributed by atoms with Gasteiger partial charge in [0.05, 0.1) is 22.6 Å². The number of hydrogen-bond acceptors (Lipinski definition) is 3. The van der Waals surface area contributed by atoms with Crippen molar-refractivity contribution < 1.29 is 4.79 Å². The van der Waals surface area contributed by atoms with Crippen molar-refractivity contribution in [2.45, 2.75) is 77.4 Å². The number of nitrogens with one attached hydrogen (secondary N) is 1. The first-order valence-electron chi connectivity index (χ1n) is 14.3. The predicted molar refractivity (Wildman–Crippen MR) is 157 cm³/mol. The molecule has 5 rings (SSSR count). The van der Waals surface area contributed by atoms with E-state index in [9.17, 15) is 9.59 Å². The monoisotopic (exact) mass is 522 g/mol. The largest absolute Gasteiger partial charge is 0.335 e. The molecule has 0 spiro atoms. The fourth-order valence-corrected chi connectivity index (χ4v) is 5.65. The molecule has 6 nitrogen and oxygen atoms in total. The fraction of sp³-hybridized carbons (Fsp3) is 0.364. The van der Waals surface area contributed by atoms with Gasteiger partial charge in [-0.2, -0.15) is 0 Å². The number of aromatic nitrogens is 2. The van der Waals surface area contributed by atoms with Gasteiger partial charge < -0.3 is 10.2 Å². The molecule has 1 aliphatic rings. The van der Waals surface area contributed by atoms with Gasteiger partial charge in [-0.15, -0.1) is 0 Å². The van der Waals surface area contributed by atoms with Crippen LogP contribution >= 0.6 is 0 Å². The number of carbonyl (C=O) groups excluding carboxylic acids is 1. The second kappa shape index (κ2) is 12.3. The molecule has 1 atom stereocenters. The SMILES string of the molecule is CCc1ccc(-n2c(C(CC)N(Cc3ccccc3)C(=O)NC3CCCCC3)nc3ccccc3c2=O)cc1. The molecule has 0 aliphatic heterocycles. The van der Waals surface area contributed by atoms with Gasteiger partial charge in [0.1, 0.15) is 5.82 Å². The van der Waals surface area contributed by atoms with Gasteiger partial charge in [0, 0.05) is 12.6 Å². The van der Waals surface area contributed by atoms with E-state index < -0.39 is 6.04 Å². The van der Waals surface area contributed by atoms with Crippen LogP contribution in [0.3, 0.4) is 0 Å². The number of para-hydroxylation sites is 1. The third-order valence-electron chi connectivity index (χ3n) is 7.85. The van der Waals surface area contributed by atoms with Gasteiger partial charge >= 0.3 is 6.03 Å². The van der Waals surface area contributed by atoms with Crippen LogP contribution in [0, 0.1) is 0 Å². The molecule has 6 heteroatoms. The highest BCUT2D eigenvalue weighted by atomic mass is 16.2. The van der Waals surface area contributed by atoms with E-state index >= 15 is 0 Å². The molecule has 1 N–H and O–H groups in total. The zero-order valence-electron chi connectivity index (χ0n) is 23.0. The van der Waals surface area contributed by atoms with Crippen molar-refractivity contribution in [3.63, 3.8) is 0 Å². The minimum atomic E-state index is -0.406. The third-order valence-corrected chi connectivity index (χ3v) is 7.85. The molecular formula is C33H38N4O2. The van der Waals surface area contributed by atoms with Crippen LogP contribution < -0.4 is 10.9 Å². The molecule has 1 unspecified atom stereocenters. The Morgan fingerprint density at radius 3 is 2.31 bits per heavy atom. The summed E-state index contributed by atoms with van der Waals surface area (Å²) in [5.41, 5.74) is 3.52. The molecule has 1 aliphatic carbocycles. The van der Waals surface area contributed by atoms with E-state index in [1.54, 1.807) is 4.57 Å². The minimum Gasteiger partial charge on any atom is -0.335 e. The second-order valence-corrected chi connectivity index (χ2v) is 10.5. The number of nitrogens with zero attached hydrogens (tertiary/aromatic N) is 3. The number of amides is 2. The van der Waals surface area contributed by atoms with Crippen LogP contribution in [0.5, 0.6) is 0 Å².